The van der Waals surface area contributed by atoms with Crippen LogP contribution in [0.3, 0.4) is 0 Å². The number of fused-ring (bicyclic) bond motifs is 4. The fourth-order valence-electron chi connectivity index (χ4n) is 4.98. The Morgan fingerprint density at radius 3 is 2.64 bits per heavy atom. The molecule has 0 bridgehead atoms. The standard InChI is InChI=1S/C28H26N4O4/c1-16(33)30-19-9-6-17(7-10-19)14-29-28(34)23-13-21-20-4-2-3-5-22(20)31-27(21)26(32-23)18-8-11-24-25(12-18)36-15-35-24/h2-12,23,26,31-32H,13-15H2,1H3,(H,29,34)(H,30,33)/t23-,26+/m0/s1. The van der Waals surface area contributed by atoms with Gasteiger partial charge in [-0.05, 0) is 53.4 Å². The molecule has 0 fully saturated rings. The topological polar surface area (TPSA) is 104 Å². The third kappa shape index (κ3) is 4.16. The number of hydrogen-bond acceptors (Lipinski definition) is 5. The number of carbonyl (C=O) groups excluding carboxylic acids is 2. The minimum absolute atomic E-state index is 0.0670. The highest BCUT2D eigenvalue weighted by atomic mass is 16.7. The Hall–Kier alpha value is -4.30. The van der Waals surface area contributed by atoms with Crippen LogP contribution in [-0.2, 0) is 22.6 Å². The van der Waals surface area contributed by atoms with Gasteiger partial charge in [0.2, 0.25) is 18.6 Å². The van der Waals surface area contributed by atoms with Crippen molar-refractivity contribution in [2.45, 2.75) is 32.0 Å². The molecular weight excluding hydrogens is 456 g/mol. The van der Waals surface area contributed by atoms with Crippen molar-refractivity contribution in [2.75, 3.05) is 12.1 Å². The number of aromatic amines is 1. The number of carbonyl (C=O) groups is 2. The second kappa shape index (κ2) is 9.05. The minimum atomic E-state index is -0.411. The Morgan fingerprint density at radius 2 is 1.81 bits per heavy atom. The maximum Gasteiger partial charge on any atom is 0.237 e. The van der Waals surface area contributed by atoms with Crippen LogP contribution in [0.2, 0.25) is 0 Å². The lowest BCUT2D eigenvalue weighted by Gasteiger charge is -2.31. The molecule has 6 rings (SSSR count). The van der Waals surface area contributed by atoms with Crippen molar-refractivity contribution in [1.29, 1.82) is 0 Å². The lowest BCUT2D eigenvalue weighted by Crippen LogP contribution is -2.49. The third-order valence-electron chi connectivity index (χ3n) is 6.70. The van der Waals surface area contributed by atoms with Crippen LogP contribution < -0.4 is 25.4 Å². The molecule has 4 aromatic rings. The van der Waals surface area contributed by atoms with E-state index in [2.05, 4.69) is 33.1 Å². The number of benzene rings is 3. The van der Waals surface area contributed by atoms with E-state index in [-0.39, 0.29) is 24.6 Å². The van der Waals surface area contributed by atoms with E-state index >= 15 is 0 Å². The van der Waals surface area contributed by atoms with Crippen molar-refractivity contribution in [1.82, 2.24) is 15.6 Å². The van der Waals surface area contributed by atoms with Gasteiger partial charge in [-0.2, -0.15) is 0 Å². The fourth-order valence-corrected chi connectivity index (χ4v) is 4.98. The van der Waals surface area contributed by atoms with Gasteiger partial charge >= 0.3 is 0 Å². The molecule has 182 valence electrons. The lowest BCUT2D eigenvalue weighted by atomic mass is 9.90. The number of H-pyrrole nitrogens is 1. The summed E-state index contributed by atoms with van der Waals surface area (Å²) in [5.41, 5.74) is 5.94. The molecule has 0 spiro atoms. The predicted octanol–water partition coefficient (Wildman–Crippen LogP) is 3.78. The molecule has 0 radical (unpaired) electrons. The average Bonchev–Trinajstić information content (AvgIpc) is 3.51. The first-order chi connectivity index (χ1) is 17.5. The summed E-state index contributed by atoms with van der Waals surface area (Å²) in [5, 5.41) is 10.5. The summed E-state index contributed by atoms with van der Waals surface area (Å²) in [4.78, 5) is 28.1. The second-order valence-corrected chi connectivity index (χ2v) is 9.13. The van der Waals surface area contributed by atoms with Crippen LogP contribution in [-0.4, -0.2) is 29.6 Å². The summed E-state index contributed by atoms with van der Waals surface area (Å²) < 4.78 is 11.1. The van der Waals surface area contributed by atoms with Gasteiger partial charge in [0, 0.05) is 35.8 Å². The van der Waals surface area contributed by atoms with Crippen LogP contribution in [0.5, 0.6) is 11.5 Å². The number of amides is 2. The molecule has 2 amide bonds. The molecule has 4 N–H and O–H groups in total. The number of ether oxygens (including phenoxy) is 2. The third-order valence-corrected chi connectivity index (χ3v) is 6.70. The van der Waals surface area contributed by atoms with Crippen molar-refractivity contribution in [3.05, 3.63) is 89.1 Å². The van der Waals surface area contributed by atoms with E-state index in [0.717, 1.165) is 44.7 Å². The summed E-state index contributed by atoms with van der Waals surface area (Å²) in [6.07, 6.45) is 0.577. The van der Waals surface area contributed by atoms with Gasteiger partial charge in [0.05, 0.1) is 12.1 Å². The van der Waals surface area contributed by atoms with Gasteiger partial charge in [0.1, 0.15) is 0 Å². The van der Waals surface area contributed by atoms with Crippen LogP contribution in [0.25, 0.3) is 10.9 Å². The number of nitrogens with one attached hydrogen (secondary N) is 4. The van der Waals surface area contributed by atoms with E-state index in [4.69, 9.17) is 9.47 Å². The van der Waals surface area contributed by atoms with Crippen molar-refractivity contribution >= 4 is 28.4 Å². The number of rotatable bonds is 5. The predicted molar refractivity (Wildman–Crippen MR) is 136 cm³/mol. The summed E-state index contributed by atoms with van der Waals surface area (Å²) in [5.74, 6) is 1.25. The smallest absolute Gasteiger partial charge is 0.237 e. The summed E-state index contributed by atoms with van der Waals surface area (Å²) in [6.45, 7) is 2.08. The van der Waals surface area contributed by atoms with Crippen molar-refractivity contribution < 1.29 is 19.1 Å². The normalized spacial score (nSPS) is 18.0. The number of aromatic nitrogens is 1. The second-order valence-electron chi connectivity index (χ2n) is 9.13. The largest absolute Gasteiger partial charge is 0.454 e. The average molecular weight is 483 g/mol. The molecule has 0 aliphatic carbocycles. The zero-order valence-corrected chi connectivity index (χ0v) is 19.8. The van der Waals surface area contributed by atoms with E-state index < -0.39 is 6.04 Å². The molecule has 3 aromatic carbocycles. The summed E-state index contributed by atoms with van der Waals surface area (Å²) >= 11 is 0. The molecule has 8 heteroatoms. The fraction of sp³-hybridized carbons (Fsp3) is 0.214. The minimum Gasteiger partial charge on any atom is -0.454 e. The molecule has 0 saturated heterocycles. The van der Waals surface area contributed by atoms with Gasteiger partial charge in [-0.3, -0.25) is 14.9 Å². The molecule has 2 atom stereocenters. The number of para-hydroxylation sites is 1. The van der Waals surface area contributed by atoms with Gasteiger partial charge in [0.25, 0.3) is 0 Å². The van der Waals surface area contributed by atoms with Crippen LogP contribution >= 0.6 is 0 Å². The lowest BCUT2D eigenvalue weighted by molar-refractivity contribution is -0.123. The highest BCUT2D eigenvalue weighted by molar-refractivity contribution is 5.89. The molecular formula is C28H26N4O4. The van der Waals surface area contributed by atoms with E-state index in [0.29, 0.717) is 18.7 Å². The molecule has 1 aromatic heterocycles. The Labute approximate surface area is 208 Å². The summed E-state index contributed by atoms with van der Waals surface area (Å²) in [7, 11) is 0. The Balaban J connectivity index is 1.25. The molecule has 0 saturated carbocycles. The van der Waals surface area contributed by atoms with Gasteiger partial charge in [-0.25, -0.2) is 0 Å². The van der Waals surface area contributed by atoms with E-state index in [9.17, 15) is 9.59 Å². The van der Waals surface area contributed by atoms with Crippen molar-refractivity contribution in [2.24, 2.45) is 0 Å². The molecule has 8 nitrogen and oxygen atoms in total. The molecule has 2 aliphatic heterocycles. The van der Waals surface area contributed by atoms with Crippen molar-refractivity contribution in [3.8, 4) is 11.5 Å². The maximum absolute atomic E-state index is 13.3. The molecule has 36 heavy (non-hydrogen) atoms. The zero-order valence-electron chi connectivity index (χ0n) is 19.8. The Bertz CT molecular complexity index is 1460. The van der Waals surface area contributed by atoms with Crippen LogP contribution in [0, 0.1) is 0 Å². The monoisotopic (exact) mass is 482 g/mol. The zero-order chi connectivity index (χ0) is 24.6. The Morgan fingerprint density at radius 1 is 1.00 bits per heavy atom. The summed E-state index contributed by atoms with van der Waals surface area (Å²) in [6, 6.07) is 20.9. The first-order valence-electron chi connectivity index (χ1n) is 11.9. The SMILES string of the molecule is CC(=O)Nc1ccc(CNC(=O)[C@@H]2Cc3c([nH]c4ccccc34)[C@@H](c3ccc4c(c3)OCO4)N2)cc1. The first kappa shape index (κ1) is 22.2. The molecule has 3 heterocycles. The van der Waals surface area contributed by atoms with Gasteiger partial charge < -0.3 is 25.1 Å². The quantitative estimate of drug-likeness (QED) is 0.347. The molecule has 2 aliphatic rings. The highest BCUT2D eigenvalue weighted by Crippen LogP contribution is 2.39. The first-order valence-corrected chi connectivity index (χ1v) is 11.9. The van der Waals surface area contributed by atoms with E-state index in [1.54, 1.807) is 0 Å². The molecule has 0 unspecified atom stereocenters. The Kier molecular flexibility index (Phi) is 5.58. The van der Waals surface area contributed by atoms with E-state index in [1.807, 2.05) is 54.6 Å². The highest BCUT2D eigenvalue weighted by Gasteiger charge is 2.34. The van der Waals surface area contributed by atoms with Crippen LogP contribution in [0.4, 0.5) is 5.69 Å². The van der Waals surface area contributed by atoms with Crippen LogP contribution in [0.15, 0.2) is 66.7 Å². The number of anilines is 1. The van der Waals surface area contributed by atoms with Crippen LogP contribution in [0.1, 0.15) is 35.3 Å². The van der Waals surface area contributed by atoms with Gasteiger partial charge in [-0.1, -0.05) is 36.4 Å². The van der Waals surface area contributed by atoms with Gasteiger partial charge in [-0.15, -0.1) is 0 Å². The van der Waals surface area contributed by atoms with E-state index in [1.165, 1.54) is 6.92 Å². The maximum atomic E-state index is 13.3. The van der Waals surface area contributed by atoms with Gasteiger partial charge in [0.15, 0.2) is 11.5 Å². The number of hydrogen-bond donors (Lipinski definition) is 4. The van der Waals surface area contributed by atoms with Crippen molar-refractivity contribution in [3.63, 3.8) is 0 Å².